The highest BCUT2D eigenvalue weighted by atomic mass is 14.9. The number of aromatic nitrogens is 1. The number of hydrogen-bond donors (Lipinski definition) is 1. The van der Waals surface area contributed by atoms with Crippen molar-refractivity contribution < 1.29 is 0 Å². The molecule has 2 heteroatoms. The molecule has 1 heterocycles. The number of nitrogens with one attached hydrogen (secondary N) is 1. The minimum absolute atomic E-state index is 0.484. The normalized spacial score (nSPS) is 23.5. The second-order valence-electron chi connectivity index (χ2n) is 5.49. The molecular weight excluding hydrogens is 196 g/mol. The Bertz CT molecular complexity index is 319. The van der Waals surface area contributed by atoms with Crippen LogP contribution in [-0.2, 0) is 6.42 Å². The first-order valence-corrected chi connectivity index (χ1v) is 6.31. The summed E-state index contributed by atoms with van der Waals surface area (Å²) in [6.45, 7) is 5.84. The van der Waals surface area contributed by atoms with Crippen LogP contribution in [0.2, 0.25) is 0 Å². The van der Waals surface area contributed by atoms with Gasteiger partial charge in [-0.3, -0.25) is 4.98 Å². The Morgan fingerprint density at radius 2 is 2.12 bits per heavy atom. The molecule has 1 aromatic heterocycles. The molecule has 1 aromatic rings. The van der Waals surface area contributed by atoms with Crippen LogP contribution < -0.4 is 5.32 Å². The molecule has 0 amide bonds. The van der Waals surface area contributed by atoms with Crippen molar-refractivity contribution in [3.05, 3.63) is 30.1 Å². The summed E-state index contributed by atoms with van der Waals surface area (Å²) in [6, 6.07) is 4.90. The minimum atomic E-state index is 0.484. The molecule has 16 heavy (non-hydrogen) atoms. The summed E-state index contributed by atoms with van der Waals surface area (Å²) in [7, 11) is 0. The first kappa shape index (κ1) is 11.6. The molecule has 0 bridgehead atoms. The molecule has 1 aliphatic rings. The lowest BCUT2D eigenvalue weighted by Gasteiger charge is -2.28. The topological polar surface area (TPSA) is 24.9 Å². The molecule has 1 atom stereocenters. The van der Waals surface area contributed by atoms with Gasteiger partial charge in [0.15, 0.2) is 0 Å². The van der Waals surface area contributed by atoms with Gasteiger partial charge in [-0.1, -0.05) is 20.3 Å². The van der Waals surface area contributed by atoms with Crippen LogP contribution in [0, 0.1) is 5.41 Å². The molecule has 0 radical (unpaired) electrons. The fourth-order valence-corrected chi connectivity index (χ4v) is 2.65. The molecule has 0 aliphatic heterocycles. The van der Waals surface area contributed by atoms with Gasteiger partial charge in [0.05, 0.1) is 0 Å². The van der Waals surface area contributed by atoms with Crippen LogP contribution in [0.4, 0.5) is 0 Å². The zero-order valence-corrected chi connectivity index (χ0v) is 10.4. The highest BCUT2D eigenvalue weighted by Gasteiger charge is 2.33. The van der Waals surface area contributed by atoms with Crippen LogP contribution in [-0.4, -0.2) is 17.6 Å². The quantitative estimate of drug-likeness (QED) is 0.840. The maximum Gasteiger partial charge on any atom is 0.0270 e. The van der Waals surface area contributed by atoms with Gasteiger partial charge >= 0.3 is 0 Å². The highest BCUT2D eigenvalue weighted by Crippen LogP contribution is 2.36. The lowest BCUT2D eigenvalue weighted by Crippen LogP contribution is -2.38. The Morgan fingerprint density at radius 1 is 1.38 bits per heavy atom. The molecule has 0 aromatic carbocycles. The van der Waals surface area contributed by atoms with Gasteiger partial charge in [0, 0.05) is 18.4 Å². The lowest BCUT2D eigenvalue weighted by molar-refractivity contribution is 0.285. The van der Waals surface area contributed by atoms with Crippen LogP contribution in [0.3, 0.4) is 0 Å². The van der Waals surface area contributed by atoms with Crippen LogP contribution in [0.15, 0.2) is 24.5 Å². The zero-order chi connectivity index (χ0) is 11.4. The van der Waals surface area contributed by atoms with E-state index >= 15 is 0 Å². The zero-order valence-electron chi connectivity index (χ0n) is 10.4. The number of pyridine rings is 1. The van der Waals surface area contributed by atoms with Crippen molar-refractivity contribution in [2.24, 2.45) is 5.41 Å². The second kappa shape index (κ2) is 4.96. The molecule has 2 nitrogen and oxygen atoms in total. The Hall–Kier alpha value is -0.890. The van der Waals surface area contributed by atoms with Gasteiger partial charge < -0.3 is 5.32 Å². The van der Waals surface area contributed by atoms with E-state index < -0.39 is 0 Å². The Kier molecular flexibility index (Phi) is 3.59. The van der Waals surface area contributed by atoms with Crippen molar-refractivity contribution in [2.45, 2.75) is 45.6 Å². The maximum absolute atomic E-state index is 4.03. The van der Waals surface area contributed by atoms with Crippen LogP contribution in [0.5, 0.6) is 0 Å². The van der Waals surface area contributed by atoms with E-state index in [1.165, 1.54) is 24.8 Å². The Morgan fingerprint density at radius 3 is 2.75 bits per heavy atom. The van der Waals surface area contributed by atoms with Crippen LogP contribution >= 0.6 is 0 Å². The van der Waals surface area contributed by atoms with Crippen LogP contribution in [0.25, 0.3) is 0 Å². The largest absolute Gasteiger partial charge is 0.313 e. The van der Waals surface area contributed by atoms with Crippen molar-refractivity contribution in [2.75, 3.05) is 6.54 Å². The van der Waals surface area contributed by atoms with Gasteiger partial charge in [0.25, 0.3) is 0 Å². The average molecular weight is 218 g/mol. The van der Waals surface area contributed by atoms with E-state index in [-0.39, 0.29) is 0 Å². The lowest BCUT2D eigenvalue weighted by atomic mass is 9.87. The molecule has 1 fully saturated rings. The molecule has 1 N–H and O–H groups in total. The molecule has 2 rings (SSSR count). The Balaban J connectivity index is 1.76. The molecule has 1 aliphatic carbocycles. The smallest absolute Gasteiger partial charge is 0.0270 e. The standard InChI is InChI=1S/C14H22N2/c1-14(2)8-3-4-13(14)16-11-7-12-5-9-15-10-6-12/h5-6,9-10,13,16H,3-4,7-8,11H2,1-2H3. The average Bonchev–Trinajstić information content (AvgIpc) is 2.60. The molecular formula is C14H22N2. The second-order valence-corrected chi connectivity index (χ2v) is 5.49. The summed E-state index contributed by atoms with van der Waals surface area (Å²) in [6.07, 6.45) is 8.92. The fraction of sp³-hybridized carbons (Fsp3) is 0.643. The summed E-state index contributed by atoms with van der Waals surface area (Å²) in [4.78, 5) is 4.03. The van der Waals surface area contributed by atoms with Crippen molar-refractivity contribution in [3.8, 4) is 0 Å². The van der Waals surface area contributed by atoms with Crippen molar-refractivity contribution in [1.82, 2.24) is 10.3 Å². The predicted octanol–water partition coefficient (Wildman–Crippen LogP) is 2.79. The van der Waals surface area contributed by atoms with Gasteiger partial charge in [0.1, 0.15) is 0 Å². The predicted molar refractivity (Wildman–Crippen MR) is 67.4 cm³/mol. The number of hydrogen-bond acceptors (Lipinski definition) is 2. The van der Waals surface area contributed by atoms with Gasteiger partial charge in [-0.25, -0.2) is 0 Å². The third-order valence-corrected chi connectivity index (χ3v) is 3.81. The summed E-state index contributed by atoms with van der Waals surface area (Å²) in [5.41, 5.74) is 1.86. The van der Waals surface area contributed by atoms with Gasteiger partial charge in [-0.2, -0.15) is 0 Å². The van der Waals surface area contributed by atoms with E-state index in [0.717, 1.165) is 13.0 Å². The molecule has 1 saturated carbocycles. The summed E-state index contributed by atoms with van der Waals surface area (Å²) >= 11 is 0. The van der Waals surface area contributed by atoms with E-state index in [9.17, 15) is 0 Å². The van der Waals surface area contributed by atoms with Crippen molar-refractivity contribution >= 4 is 0 Å². The third kappa shape index (κ3) is 2.82. The molecule has 1 unspecified atom stereocenters. The first-order chi connectivity index (χ1) is 7.68. The van der Waals surface area contributed by atoms with E-state index in [2.05, 4.69) is 36.3 Å². The SMILES string of the molecule is CC1(C)CCCC1NCCc1ccncc1. The van der Waals surface area contributed by atoms with Crippen molar-refractivity contribution in [1.29, 1.82) is 0 Å². The number of nitrogens with zero attached hydrogens (tertiary/aromatic N) is 1. The van der Waals surface area contributed by atoms with E-state index in [0.29, 0.717) is 11.5 Å². The van der Waals surface area contributed by atoms with E-state index in [1.807, 2.05) is 12.4 Å². The highest BCUT2D eigenvalue weighted by molar-refractivity contribution is 5.10. The van der Waals surface area contributed by atoms with Gasteiger partial charge in [0.2, 0.25) is 0 Å². The van der Waals surface area contributed by atoms with Gasteiger partial charge in [-0.15, -0.1) is 0 Å². The monoisotopic (exact) mass is 218 g/mol. The number of rotatable bonds is 4. The summed E-state index contributed by atoms with van der Waals surface area (Å²) < 4.78 is 0. The van der Waals surface area contributed by atoms with E-state index in [1.54, 1.807) is 0 Å². The van der Waals surface area contributed by atoms with Crippen molar-refractivity contribution in [3.63, 3.8) is 0 Å². The Labute approximate surface area is 98.5 Å². The third-order valence-electron chi connectivity index (χ3n) is 3.81. The molecule has 0 saturated heterocycles. The van der Waals surface area contributed by atoms with Gasteiger partial charge in [-0.05, 0) is 48.9 Å². The molecule has 88 valence electrons. The minimum Gasteiger partial charge on any atom is -0.313 e. The summed E-state index contributed by atoms with van der Waals surface area (Å²) in [5.74, 6) is 0. The van der Waals surface area contributed by atoms with E-state index in [4.69, 9.17) is 0 Å². The van der Waals surface area contributed by atoms with Crippen LogP contribution in [0.1, 0.15) is 38.7 Å². The maximum atomic E-state index is 4.03. The fourth-order valence-electron chi connectivity index (χ4n) is 2.65. The first-order valence-electron chi connectivity index (χ1n) is 6.31. The molecule has 0 spiro atoms. The summed E-state index contributed by atoms with van der Waals surface area (Å²) in [5, 5.41) is 3.70.